The predicted octanol–water partition coefficient (Wildman–Crippen LogP) is 3.74. The maximum absolute atomic E-state index is 11.8. The SMILES string of the molecule is Cn1cc(CC2CCCC2=O)c2cc(Cl)ccc21. The first-order chi connectivity index (χ1) is 8.65. The summed E-state index contributed by atoms with van der Waals surface area (Å²) in [6.45, 7) is 0. The zero-order valence-electron chi connectivity index (χ0n) is 10.4. The lowest BCUT2D eigenvalue weighted by molar-refractivity contribution is -0.120. The molecular weight excluding hydrogens is 246 g/mol. The van der Waals surface area contributed by atoms with Gasteiger partial charge in [0, 0.05) is 41.5 Å². The Kier molecular flexibility index (Phi) is 2.90. The van der Waals surface area contributed by atoms with Crippen LogP contribution in [0.1, 0.15) is 24.8 Å². The zero-order chi connectivity index (χ0) is 12.7. The second-order valence-corrected chi connectivity index (χ2v) is 5.62. The normalized spacial score (nSPS) is 19.9. The second kappa shape index (κ2) is 4.43. The fourth-order valence-corrected chi connectivity index (χ4v) is 3.15. The van der Waals surface area contributed by atoms with Gasteiger partial charge in [0.15, 0.2) is 0 Å². The van der Waals surface area contributed by atoms with Crippen LogP contribution in [0.5, 0.6) is 0 Å². The Hall–Kier alpha value is -1.28. The van der Waals surface area contributed by atoms with E-state index in [1.54, 1.807) is 0 Å². The average Bonchev–Trinajstić information content (AvgIpc) is 2.86. The number of Topliss-reactive ketones (excluding diaryl/α,β-unsaturated/α-hetero) is 1. The third kappa shape index (κ3) is 1.95. The Balaban J connectivity index is 2.01. The van der Waals surface area contributed by atoms with Crippen molar-refractivity contribution >= 4 is 28.3 Å². The lowest BCUT2D eigenvalue weighted by Gasteiger charge is -2.06. The molecule has 3 heteroatoms. The number of aryl methyl sites for hydroxylation is 1. The van der Waals surface area contributed by atoms with Crippen molar-refractivity contribution in [3.63, 3.8) is 0 Å². The summed E-state index contributed by atoms with van der Waals surface area (Å²) in [5, 5.41) is 1.94. The minimum Gasteiger partial charge on any atom is -0.350 e. The van der Waals surface area contributed by atoms with Crippen LogP contribution in [0.2, 0.25) is 5.02 Å². The smallest absolute Gasteiger partial charge is 0.136 e. The molecule has 0 bridgehead atoms. The Labute approximate surface area is 112 Å². The van der Waals surface area contributed by atoms with Crippen LogP contribution in [0.15, 0.2) is 24.4 Å². The highest BCUT2D eigenvalue weighted by molar-refractivity contribution is 6.31. The van der Waals surface area contributed by atoms with Crippen LogP contribution in [0.4, 0.5) is 0 Å². The summed E-state index contributed by atoms with van der Waals surface area (Å²) in [6.07, 6.45) is 5.84. The van der Waals surface area contributed by atoms with Gasteiger partial charge in [0.05, 0.1) is 0 Å². The first-order valence-electron chi connectivity index (χ1n) is 6.41. The third-order valence-electron chi connectivity index (χ3n) is 3.93. The number of halogens is 1. The summed E-state index contributed by atoms with van der Waals surface area (Å²) < 4.78 is 2.11. The van der Waals surface area contributed by atoms with Crippen molar-refractivity contribution < 1.29 is 4.79 Å². The summed E-state index contributed by atoms with van der Waals surface area (Å²) in [7, 11) is 2.04. The maximum Gasteiger partial charge on any atom is 0.136 e. The van der Waals surface area contributed by atoms with E-state index in [0.29, 0.717) is 5.78 Å². The lowest BCUT2D eigenvalue weighted by Crippen LogP contribution is -2.09. The molecule has 1 aromatic carbocycles. The summed E-state index contributed by atoms with van der Waals surface area (Å²) >= 11 is 6.07. The Morgan fingerprint density at radius 3 is 3.00 bits per heavy atom. The van der Waals surface area contributed by atoms with E-state index >= 15 is 0 Å². The molecule has 1 aliphatic carbocycles. The van der Waals surface area contributed by atoms with Crippen molar-refractivity contribution in [1.82, 2.24) is 4.57 Å². The lowest BCUT2D eigenvalue weighted by atomic mass is 9.97. The number of ketones is 1. The van der Waals surface area contributed by atoms with Gasteiger partial charge in [-0.3, -0.25) is 4.79 Å². The molecule has 0 saturated heterocycles. The van der Waals surface area contributed by atoms with E-state index in [9.17, 15) is 4.79 Å². The van der Waals surface area contributed by atoms with E-state index in [1.165, 1.54) is 16.5 Å². The molecule has 0 radical (unpaired) electrons. The number of fused-ring (bicyclic) bond motifs is 1. The minimum absolute atomic E-state index is 0.217. The number of hydrogen-bond donors (Lipinski definition) is 0. The van der Waals surface area contributed by atoms with Crippen LogP contribution < -0.4 is 0 Å². The van der Waals surface area contributed by atoms with Gasteiger partial charge in [0.2, 0.25) is 0 Å². The topological polar surface area (TPSA) is 22.0 Å². The number of carbonyl (C=O) groups is 1. The van der Waals surface area contributed by atoms with Crippen LogP contribution >= 0.6 is 11.6 Å². The second-order valence-electron chi connectivity index (χ2n) is 5.19. The molecule has 0 aliphatic heterocycles. The number of benzene rings is 1. The number of nitrogens with zero attached hydrogens (tertiary/aromatic N) is 1. The van der Waals surface area contributed by atoms with Gasteiger partial charge in [0.25, 0.3) is 0 Å². The predicted molar refractivity (Wildman–Crippen MR) is 74.0 cm³/mol. The fraction of sp³-hybridized carbons (Fsp3) is 0.400. The van der Waals surface area contributed by atoms with Crippen LogP contribution in [-0.2, 0) is 18.3 Å². The standard InChI is InChI=1S/C15H16ClNO/c1-17-9-11(7-10-3-2-4-15(10)18)13-8-12(16)5-6-14(13)17/h5-6,8-10H,2-4,7H2,1H3. The van der Waals surface area contributed by atoms with Crippen molar-refractivity contribution in [2.24, 2.45) is 13.0 Å². The number of hydrogen-bond acceptors (Lipinski definition) is 1. The average molecular weight is 262 g/mol. The largest absolute Gasteiger partial charge is 0.350 e. The van der Waals surface area contributed by atoms with Crippen LogP contribution in [0.3, 0.4) is 0 Å². The molecule has 2 nitrogen and oxygen atoms in total. The number of carbonyl (C=O) groups excluding carboxylic acids is 1. The molecule has 1 atom stereocenters. The molecule has 3 rings (SSSR count). The molecule has 0 spiro atoms. The first kappa shape index (κ1) is 11.8. The number of aromatic nitrogens is 1. The molecule has 18 heavy (non-hydrogen) atoms. The van der Waals surface area contributed by atoms with E-state index < -0.39 is 0 Å². The highest BCUT2D eigenvalue weighted by atomic mass is 35.5. The summed E-state index contributed by atoms with van der Waals surface area (Å²) in [5.41, 5.74) is 2.43. The molecule has 0 amide bonds. The Morgan fingerprint density at radius 1 is 1.44 bits per heavy atom. The molecule has 94 valence electrons. The molecule has 1 aromatic heterocycles. The van der Waals surface area contributed by atoms with Gasteiger partial charge in [-0.2, -0.15) is 0 Å². The first-order valence-corrected chi connectivity index (χ1v) is 6.79. The van der Waals surface area contributed by atoms with Gasteiger partial charge < -0.3 is 4.57 Å². The van der Waals surface area contributed by atoms with Crippen molar-refractivity contribution in [1.29, 1.82) is 0 Å². The van der Waals surface area contributed by atoms with Crippen molar-refractivity contribution in [2.75, 3.05) is 0 Å². The van der Waals surface area contributed by atoms with E-state index in [-0.39, 0.29) is 5.92 Å². The van der Waals surface area contributed by atoms with Crippen molar-refractivity contribution in [3.05, 3.63) is 35.0 Å². The monoisotopic (exact) mass is 261 g/mol. The van der Waals surface area contributed by atoms with Gasteiger partial charge in [-0.15, -0.1) is 0 Å². The van der Waals surface area contributed by atoms with E-state index in [4.69, 9.17) is 11.6 Å². The van der Waals surface area contributed by atoms with E-state index in [2.05, 4.69) is 10.8 Å². The summed E-state index contributed by atoms with van der Waals surface area (Å²) in [6, 6.07) is 5.96. The third-order valence-corrected chi connectivity index (χ3v) is 4.17. The molecule has 1 aliphatic rings. The molecule has 1 saturated carbocycles. The van der Waals surface area contributed by atoms with Gasteiger partial charge >= 0.3 is 0 Å². The van der Waals surface area contributed by atoms with Gasteiger partial charge in [-0.1, -0.05) is 11.6 Å². The Morgan fingerprint density at radius 2 is 2.28 bits per heavy atom. The highest BCUT2D eigenvalue weighted by Gasteiger charge is 2.25. The molecule has 1 heterocycles. The summed E-state index contributed by atoms with van der Waals surface area (Å²) in [4.78, 5) is 11.8. The van der Waals surface area contributed by atoms with Crippen LogP contribution in [0, 0.1) is 5.92 Å². The molecule has 1 unspecified atom stereocenters. The summed E-state index contributed by atoms with van der Waals surface area (Å²) in [5.74, 6) is 0.642. The van der Waals surface area contributed by atoms with Crippen molar-refractivity contribution in [2.45, 2.75) is 25.7 Å². The zero-order valence-corrected chi connectivity index (χ0v) is 11.2. The van der Waals surface area contributed by atoms with Gasteiger partial charge in [0.1, 0.15) is 5.78 Å². The van der Waals surface area contributed by atoms with Gasteiger partial charge in [-0.05, 0) is 43.0 Å². The van der Waals surface area contributed by atoms with Gasteiger partial charge in [-0.25, -0.2) is 0 Å². The quantitative estimate of drug-likeness (QED) is 0.807. The molecule has 0 N–H and O–H groups in total. The van der Waals surface area contributed by atoms with Crippen LogP contribution in [-0.4, -0.2) is 10.4 Å². The Bertz CT molecular complexity index is 614. The molecular formula is C15H16ClNO. The van der Waals surface area contributed by atoms with Crippen LogP contribution in [0.25, 0.3) is 10.9 Å². The maximum atomic E-state index is 11.8. The van der Waals surface area contributed by atoms with E-state index in [0.717, 1.165) is 30.7 Å². The molecule has 2 aromatic rings. The number of rotatable bonds is 2. The van der Waals surface area contributed by atoms with Crippen molar-refractivity contribution in [3.8, 4) is 0 Å². The highest BCUT2D eigenvalue weighted by Crippen LogP contribution is 2.30. The van der Waals surface area contributed by atoms with E-state index in [1.807, 2.05) is 25.2 Å². The fourth-order valence-electron chi connectivity index (χ4n) is 2.98. The molecule has 1 fully saturated rings. The minimum atomic E-state index is 0.217.